The molecule has 0 aromatic heterocycles. The normalized spacial score (nSPS) is 14.7. The number of fused-ring (bicyclic) bond motifs is 3. The van der Waals surface area contributed by atoms with Gasteiger partial charge in [0, 0.05) is 36.3 Å². The molecule has 1 unspecified atom stereocenters. The first kappa shape index (κ1) is 28.9. The summed E-state index contributed by atoms with van der Waals surface area (Å²) in [6.45, 7) is 4.84. The van der Waals surface area contributed by atoms with Gasteiger partial charge in [-0.1, -0.05) is 78.9 Å². The van der Waals surface area contributed by atoms with Crippen molar-refractivity contribution in [3.05, 3.63) is 119 Å². The molecule has 42 heavy (non-hydrogen) atoms. The Morgan fingerprint density at radius 2 is 1.52 bits per heavy atom. The van der Waals surface area contributed by atoms with E-state index < -0.39 is 23.8 Å². The molecule has 2 heterocycles. The lowest BCUT2D eigenvalue weighted by molar-refractivity contribution is -0.162. The summed E-state index contributed by atoms with van der Waals surface area (Å²) in [7, 11) is 2.09. The molecule has 0 spiro atoms. The lowest BCUT2D eigenvalue weighted by atomic mass is 9.83. The molecular weight excluding hydrogens is 526 g/mol. The smallest absolute Gasteiger partial charge is 0.321 e. The Morgan fingerprint density at radius 3 is 2.17 bits per heavy atom. The molecular formula is C36H37NO5. The van der Waals surface area contributed by atoms with Gasteiger partial charge in [0.05, 0.1) is 13.2 Å². The number of aryl methyl sites for hydroxylation is 1. The van der Waals surface area contributed by atoms with Gasteiger partial charge >= 0.3 is 11.9 Å². The highest BCUT2D eigenvalue weighted by molar-refractivity contribution is 5.96. The molecule has 216 valence electrons. The summed E-state index contributed by atoms with van der Waals surface area (Å²) in [6, 6.07) is 22.2. The molecule has 1 atom stereocenters. The van der Waals surface area contributed by atoms with Crippen molar-refractivity contribution in [2.45, 2.75) is 32.6 Å². The second-order valence-corrected chi connectivity index (χ2v) is 10.4. The van der Waals surface area contributed by atoms with Gasteiger partial charge in [0.1, 0.15) is 11.5 Å². The number of anilines is 1. The Hall–Kier alpha value is -4.58. The Morgan fingerprint density at radius 1 is 0.881 bits per heavy atom. The second kappa shape index (κ2) is 13.4. The quantitative estimate of drug-likeness (QED) is 0.121. The van der Waals surface area contributed by atoms with Gasteiger partial charge in [-0.3, -0.25) is 9.59 Å². The maximum absolute atomic E-state index is 13.1. The highest BCUT2D eigenvalue weighted by atomic mass is 16.6. The number of rotatable bonds is 9. The van der Waals surface area contributed by atoms with Crippen molar-refractivity contribution >= 4 is 23.2 Å². The van der Waals surface area contributed by atoms with E-state index in [1.54, 1.807) is 13.8 Å². The van der Waals surface area contributed by atoms with Crippen molar-refractivity contribution in [3.8, 4) is 11.5 Å². The van der Waals surface area contributed by atoms with Crippen molar-refractivity contribution in [3.63, 3.8) is 0 Å². The Kier molecular flexibility index (Phi) is 9.22. The monoisotopic (exact) mass is 563 g/mol. The Labute approximate surface area is 247 Å². The number of hydrogen-bond acceptors (Lipinski definition) is 6. The van der Waals surface area contributed by atoms with Gasteiger partial charge in [-0.05, 0) is 61.6 Å². The molecule has 0 amide bonds. The maximum Gasteiger partial charge on any atom is 0.321 e. The number of para-hydroxylation sites is 2. The molecule has 0 saturated carbocycles. The van der Waals surface area contributed by atoms with Gasteiger partial charge in [-0.2, -0.15) is 0 Å². The number of allylic oxidation sites excluding steroid dienone is 5. The van der Waals surface area contributed by atoms with Gasteiger partial charge in [0.2, 0.25) is 0 Å². The summed E-state index contributed by atoms with van der Waals surface area (Å²) in [4.78, 5) is 28.5. The van der Waals surface area contributed by atoms with Gasteiger partial charge < -0.3 is 19.1 Å². The average molecular weight is 564 g/mol. The Balaban J connectivity index is 1.49. The molecule has 6 heteroatoms. The fourth-order valence-corrected chi connectivity index (χ4v) is 5.68. The number of esters is 2. The van der Waals surface area contributed by atoms with Gasteiger partial charge in [-0.15, -0.1) is 0 Å². The molecule has 0 aliphatic carbocycles. The summed E-state index contributed by atoms with van der Waals surface area (Å²) < 4.78 is 16.8. The number of ether oxygens (including phenoxy) is 3. The van der Waals surface area contributed by atoms with E-state index in [1.807, 2.05) is 78.9 Å². The van der Waals surface area contributed by atoms with Crippen LogP contribution < -0.4 is 9.64 Å². The molecule has 2 aliphatic rings. The van der Waals surface area contributed by atoms with Crippen LogP contribution in [0.3, 0.4) is 0 Å². The molecule has 2 aliphatic heterocycles. The highest BCUT2D eigenvalue weighted by Crippen LogP contribution is 2.43. The largest absolute Gasteiger partial charge is 0.465 e. The first-order valence-corrected chi connectivity index (χ1v) is 14.6. The first-order valence-electron chi connectivity index (χ1n) is 14.6. The van der Waals surface area contributed by atoms with Gasteiger partial charge in [-0.25, -0.2) is 0 Å². The van der Waals surface area contributed by atoms with Crippen molar-refractivity contribution in [2.75, 3.05) is 31.7 Å². The summed E-state index contributed by atoms with van der Waals surface area (Å²) in [5.74, 6) is -1.19. The van der Waals surface area contributed by atoms with E-state index in [-0.39, 0.29) is 13.2 Å². The molecule has 0 fully saturated rings. The SMILES string of the molecule is CCOC(=O)C(C(=O)OCC)C(C=CC=CC=C1c2ccccc2Oc2ccccc21)c1ccc2c(c1)CCCN2C. The molecule has 6 nitrogen and oxygen atoms in total. The summed E-state index contributed by atoms with van der Waals surface area (Å²) in [6.07, 6.45) is 11.7. The summed E-state index contributed by atoms with van der Waals surface area (Å²) in [5, 5.41) is 0. The predicted octanol–water partition coefficient (Wildman–Crippen LogP) is 7.25. The zero-order valence-electron chi connectivity index (χ0n) is 24.4. The molecule has 5 rings (SSSR count). The van der Waals surface area contributed by atoms with Crippen LogP contribution in [0.25, 0.3) is 5.57 Å². The van der Waals surface area contributed by atoms with Crippen LogP contribution in [0.15, 0.2) is 97.1 Å². The van der Waals surface area contributed by atoms with E-state index in [2.05, 4.69) is 30.2 Å². The minimum atomic E-state index is -1.11. The van der Waals surface area contributed by atoms with Crippen LogP contribution in [0.5, 0.6) is 11.5 Å². The summed E-state index contributed by atoms with van der Waals surface area (Å²) >= 11 is 0. The summed E-state index contributed by atoms with van der Waals surface area (Å²) in [5.41, 5.74) is 6.37. The lowest BCUT2D eigenvalue weighted by Gasteiger charge is -2.29. The van der Waals surface area contributed by atoms with Crippen LogP contribution >= 0.6 is 0 Å². The van der Waals surface area contributed by atoms with Crippen molar-refractivity contribution in [2.24, 2.45) is 5.92 Å². The third-order valence-corrected chi connectivity index (χ3v) is 7.66. The van der Waals surface area contributed by atoms with Crippen LogP contribution in [0.1, 0.15) is 48.4 Å². The number of carbonyl (C=O) groups excluding carboxylic acids is 2. The topological polar surface area (TPSA) is 65.1 Å². The maximum atomic E-state index is 13.1. The minimum Gasteiger partial charge on any atom is -0.465 e. The number of carbonyl (C=O) groups is 2. The Bertz CT molecular complexity index is 1470. The van der Waals surface area contributed by atoms with Crippen LogP contribution in [-0.2, 0) is 25.5 Å². The number of nitrogens with zero attached hydrogens (tertiary/aromatic N) is 1. The van der Waals surface area contributed by atoms with E-state index in [0.29, 0.717) is 0 Å². The van der Waals surface area contributed by atoms with Crippen molar-refractivity contribution < 1.29 is 23.8 Å². The molecule has 0 radical (unpaired) electrons. The fourth-order valence-electron chi connectivity index (χ4n) is 5.68. The van der Waals surface area contributed by atoms with Crippen LogP contribution in [-0.4, -0.2) is 38.7 Å². The standard InChI is InChI=1S/C36H37NO5/c1-4-40-35(38)34(36(39)41-5-2)27(25-21-22-31-26(24-25)14-13-23-37(31)3)15-7-6-8-16-28-29-17-9-11-19-32(29)42-33-20-12-10-18-30(28)33/h6-12,15-22,24,27,34H,4-5,13-14,23H2,1-3H3. The molecule has 0 N–H and O–H groups in total. The van der Waals surface area contributed by atoms with Crippen LogP contribution in [0, 0.1) is 5.92 Å². The van der Waals surface area contributed by atoms with Crippen molar-refractivity contribution in [1.82, 2.24) is 0 Å². The third-order valence-electron chi connectivity index (χ3n) is 7.66. The fraction of sp³-hybridized carbons (Fsp3) is 0.278. The van der Waals surface area contributed by atoms with E-state index in [1.165, 1.54) is 11.3 Å². The molecule has 3 aromatic rings. The number of benzene rings is 3. The average Bonchev–Trinajstić information content (AvgIpc) is 3.00. The number of hydrogen-bond donors (Lipinski definition) is 0. The zero-order valence-corrected chi connectivity index (χ0v) is 24.4. The zero-order chi connectivity index (χ0) is 29.5. The minimum absolute atomic E-state index is 0.181. The second-order valence-electron chi connectivity index (χ2n) is 10.4. The molecule has 0 saturated heterocycles. The highest BCUT2D eigenvalue weighted by Gasteiger charge is 2.37. The first-order chi connectivity index (χ1) is 20.5. The van der Waals surface area contributed by atoms with E-state index in [4.69, 9.17) is 14.2 Å². The van der Waals surface area contributed by atoms with E-state index >= 15 is 0 Å². The van der Waals surface area contributed by atoms with Crippen LogP contribution in [0.4, 0.5) is 5.69 Å². The van der Waals surface area contributed by atoms with E-state index in [0.717, 1.165) is 53.1 Å². The predicted molar refractivity (Wildman–Crippen MR) is 166 cm³/mol. The van der Waals surface area contributed by atoms with Gasteiger partial charge in [0.15, 0.2) is 5.92 Å². The molecule has 0 bridgehead atoms. The third kappa shape index (κ3) is 6.18. The van der Waals surface area contributed by atoms with Crippen LogP contribution in [0.2, 0.25) is 0 Å². The molecule has 3 aromatic carbocycles. The van der Waals surface area contributed by atoms with E-state index in [9.17, 15) is 9.59 Å². The lowest BCUT2D eigenvalue weighted by Crippen LogP contribution is -2.33. The van der Waals surface area contributed by atoms with Crippen molar-refractivity contribution in [1.29, 1.82) is 0 Å². The van der Waals surface area contributed by atoms with Gasteiger partial charge in [0.25, 0.3) is 0 Å².